The predicted octanol–water partition coefficient (Wildman–Crippen LogP) is 3.62. The average Bonchev–Trinajstić information content (AvgIpc) is 3.19. The Hall–Kier alpha value is -1.43. The summed E-state index contributed by atoms with van der Waals surface area (Å²) in [6.07, 6.45) is 4.96. The number of benzene rings is 1. The van der Waals surface area contributed by atoms with Gasteiger partial charge in [0.15, 0.2) is 5.78 Å². The zero-order valence-corrected chi connectivity index (χ0v) is 17.8. The van der Waals surface area contributed by atoms with E-state index in [-0.39, 0.29) is 5.78 Å². The molecule has 0 spiro atoms. The predicted molar refractivity (Wildman–Crippen MR) is 112 cm³/mol. The molecule has 0 saturated carbocycles. The quantitative estimate of drug-likeness (QED) is 0.477. The van der Waals surface area contributed by atoms with Crippen molar-refractivity contribution in [2.24, 2.45) is 0 Å². The highest BCUT2D eigenvalue weighted by molar-refractivity contribution is 6.02. The second kappa shape index (κ2) is 9.86. The fourth-order valence-corrected chi connectivity index (χ4v) is 4.43. The first-order chi connectivity index (χ1) is 13.5. The summed E-state index contributed by atoms with van der Waals surface area (Å²) in [7, 11) is 0. The van der Waals surface area contributed by atoms with Crippen molar-refractivity contribution in [3.8, 4) is 5.75 Å². The molecule has 1 atom stereocenters. The second-order valence-corrected chi connectivity index (χ2v) is 8.45. The van der Waals surface area contributed by atoms with Crippen LogP contribution in [0.1, 0.15) is 56.8 Å². The SMILES string of the molecule is CCC1CCCN1CCCOc1ccc(C(=O)C(C)(C)N2CCOCC2)cc1. The zero-order chi connectivity index (χ0) is 20.0. The van der Waals surface area contributed by atoms with E-state index in [1.165, 1.54) is 25.8 Å². The van der Waals surface area contributed by atoms with Crippen LogP contribution in [0.4, 0.5) is 0 Å². The molecule has 5 nitrogen and oxygen atoms in total. The van der Waals surface area contributed by atoms with Crippen LogP contribution >= 0.6 is 0 Å². The molecular formula is C23H36N2O3. The van der Waals surface area contributed by atoms with Gasteiger partial charge in [0.25, 0.3) is 0 Å². The standard InChI is InChI=1S/C23H36N2O3/c1-4-20-7-5-12-24(20)13-6-16-28-21-10-8-19(9-11-21)22(26)23(2,3)25-14-17-27-18-15-25/h8-11,20H,4-7,12-18H2,1-3H3. The molecule has 2 fully saturated rings. The zero-order valence-electron chi connectivity index (χ0n) is 17.8. The Morgan fingerprint density at radius 2 is 1.89 bits per heavy atom. The maximum absolute atomic E-state index is 13.0. The lowest BCUT2D eigenvalue weighted by molar-refractivity contribution is -0.00429. The number of nitrogens with zero attached hydrogens (tertiary/aromatic N) is 2. The highest BCUT2D eigenvalue weighted by Crippen LogP contribution is 2.24. The summed E-state index contributed by atoms with van der Waals surface area (Å²) in [4.78, 5) is 17.8. The van der Waals surface area contributed by atoms with E-state index in [9.17, 15) is 4.79 Å². The Morgan fingerprint density at radius 1 is 1.18 bits per heavy atom. The summed E-state index contributed by atoms with van der Waals surface area (Å²) >= 11 is 0. The van der Waals surface area contributed by atoms with Crippen molar-refractivity contribution in [2.45, 2.75) is 58.0 Å². The number of ether oxygens (including phenoxy) is 2. The van der Waals surface area contributed by atoms with Crippen LogP contribution in [0.25, 0.3) is 0 Å². The van der Waals surface area contributed by atoms with Crippen molar-refractivity contribution < 1.29 is 14.3 Å². The first-order valence-electron chi connectivity index (χ1n) is 10.9. The van der Waals surface area contributed by atoms with Crippen LogP contribution in [0, 0.1) is 0 Å². The number of ketones is 1. The maximum atomic E-state index is 13.0. The van der Waals surface area contributed by atoms with Gasteiger partial charge in [-0.15, -0.1) is 0 Å². The van der Waals surface area contributed by atoms with Gasteiger partial charge >= 0.3 is 0 Å². The molecule has 1 unspecified atom stereocenters. The normalized spacial score (nSPS) is 21.8. The lowest BCUT2D eigenvalue weighted by Gasteiger charge is -2.39. The smallest absolute Gasteiger partial charge is 0.182 e. The van der Waals surface area contributed by atoms with Crippen LogP contribution in [0.3, 0.4) is 0 Å². The number of carbonyl (C=O) groups excluding carboxylic acids is 1. The number of likely N-dealkylation sites (tertiary alicyclic amines) is 1. The van der Waals surface area contributed by atoms with Crippen LogP contribution in [0.5, 0.6) is 5.75 Å². The van der Waals surface area contributed by atoms with E-state index in [2.05, 4.69) is 16.7 Å². The van der Waals surface area contributed by atoms with E-state index in [0.29, 0.717) is 13.2 Å². The van der Waals surface area contributed by atoms with Crippen molar-refractivity contribution in [1.29, 1.82) is 0 Å². The average molecular weight is 389 g/mol. The molecule has 0 amide bonds. The van der Waals surface area contributed by atoms with E-state index in [1.807, 2.05) is 38.1 Å². The molecule has 0 radical (unpaired) electrons. The largest absolute Gasteiger partial charge is 0.494 e. The summed E-state index contributed by atoms with van der Waals surface area (Å²) in [6.45, 7) is 12.4. The van der Waals surface area contributed by atoms with Gasteiger partial charge < -0.3 is 14.4 Å². The molecule has 0 aromatic heterocycles. The van der Waals surface area contributed by atoms with E-state index in [1.54, 1.807) is 0 Å². The van der Waals surface area contributed by atoms with Crippen molar-refractivity contribution in [3.63, 3.8) is 0 Å². The number of hydrogen-bond acceptors (Lipinski definition) is 5. The summed E-state index contributed by atoms with van der Waals surface area (Å²) in [5.74, 6) is 0.995. The highest BCUT2D eigenvalue weighted by Gasteiger charge is 2.35. The monoisotopic (exact) mass is 388 g/mol. The molecule has 0 bridgehead atoms. The fraction of sp³-hybridized carbons (Fsp3) is 0.696. The summed E-state index contributed by atoms with van der Waals surface area (Å²) in [6, 6.07) is 8.40. The minimum atomic E-state index is -0.516. The van der Waals surface area contributed by atoms with E-state index in [4.69, 9.17) is 9.47 Å². The third kappa shape index (κ3) is 5.13. The van der Waals surface area contributed by atoms with Gasteiger partial charge in [-0.3, -0.25) is 9.69 Å². The van der Waals surface area contributed by atoms with Crippen molar-refractivity contribution in [2.75, 3.05) is 46.0 Å². The minimum absolute atomic E-state index is 0.153. The van der Waals surface area contributed by atoms with E-state index in [0.717, 1.165) is 50.0 Å². The van der Waals surface area contributed by atoms with Gasteiger partial charge in [-0.1, -0.05) is 6.92 Å². The molecule has 28 heavy (non-hydrogen) atoms. The van der Waals surface area contributed by atoms with E-state index >= 15 is 0 Å². The third-order valence-electron chi connectivity index (χ3n) is 6.30. The second-order valence-electron chi connectivity index (χ2n) is 8.45. The Labute approximate surface area is 170 Å². The van der Waals surface area contributed by atoms with Gasteiger partial charge in [0, 0.05) is 31.2 Å². The summed E-state index contributed by atoms with van der Waals surface area (Å²) in [5, 5.41) is 0. The molecule has 156 valence electrons. The molecule has 0 aliphatic carbocycles. The molecule has 1 aromatic carbocycles. The molecule has 0 N–H and O–H groups in total. The van der Waals surface area contributed by atoms with Crippen LogP contribution in [-0.2, 0) is 4.74 Å². The lowest BCUT2D eigenvalue weighted by atomic mass is 9.91. The van der Waals surface area contributed by atoms with Gasteiger partial charge in [-0.2, -0.15) is 0 Å². The van der Waals surface area contributed by atoms with Crippen molar-refractivity contribution in [3.05, 3.63) is 29.8 Å². The Kier molecular flexibility index (Phi) is 7.49. The minimum Gasteiger partial charge on any atom is -0.494 e. The van der Waals surface area contributed by atoms with E-state index < -0.39 is 5.54 Å². The fourth-order valence-electron chi connectivity index (χ4n) is 4.43. The van der Waals surface area contributed by atoms with Crippen LogP contribution in [-0.4, -0.2) is 73.2 Å². The van der Waals surface area contributed by atoms with Crippen LogP contribution < -0.4 is 4.74 Å². The summed E-state index contributed by atoms with van der Waals surface area (Å²) < 4.78 is 11.3. The first-order valence-corrected chi connectivity index (χ1v) is 10.9. The molecule has 2 saturated heterocycles. The Morgan fingerprint density at radius 3 is 2.57 bits per heavy atom. The highest BCUT2D eigenvalue weighted by atomic mass is 16.5. The number of carbonyl (C=O) groups is 1. The van der Waals surface area contributed by atoms with Crippen molar-refractivity contribution >= 4 is 5.78 Å². The molecule has 2 aliphatic heterocycles. The Bertz CT molecular complexity index is 623. The number of Topliss-reactive ketones (excluding diaryl/α,β-unsaturated/α-hetero) is 1. The molecule has 5 heteroatoms. The van der Waals surface area contributed by atoms with Gasteiger partial charge in [0.05, 0.1) is 25.4 Å². The molecule has 3 rings (SSSR count). The Balaban J connectivity index is 1.47. The first kappa shape index (κ1) is 21.3. The number of morpholine rings is 1. The molecule has 2 heterocycles. The maximum Gasteiger partial charge on any atom is 0.182 e. The third-order valence-corrected chi connectivity index (χ3v) is 6.30. The number of rotatable bonds is 9. The van der Waals surface area contributed by atoms with Gasteiger partial charge in [0.2, 0.25) is 0 Å². The molecular weight excluding hydrogens is 352 g/mol. The van der Waals surface area contributed by atoms with Gasteiger partial charge in [-0.05, 0) is 70.3 Å². The van der Waals surface area contributed by atoms with Crippen LogP contribution in [0.2, 0.25) is 0 Å². The summed E-state index contributed by atoms with van der Waals surface area (Å²) in [5.41, 5.74) is 0.226. The molecule has 2 aliphatic rings. The van der Waals surface area contributed by atoms with Crippen molar-refractivity contribution in [1.82, 2.24) is 9.80 Å². The number of hydrogen-bond donors (Lipinski definition) is 0. The van der Waals surface area contributed by atoms with Gasteiger partial charge in [-0.25, -0.2) is 0 Å². The van der Waals surface area contributed by atoms with Gasteiger partial charge in [0.1, 0.15) is 5.75 Å². The topological polar surface area (TPSA) is 42.0 Å². The molecule has 1 aromatic rings. The van der Waals surface area contributed by atoms with Crippen LogP contribution in [0.15, 0.2) is 24.3 Å². The lowest BCUT2D eigenvalue weighted by Crippen LogP contribution is -2.54.